The minimum atomic E-state index is -0.435. The summed E-state index contributed by atoms with van der Waals surface area (Å²) in [6.45, 7) is 3.95. The molecule has 2 fully saturated rings. The molecule has 1 saturated carbocycles. The van der Waals surface area contributed by atoms with Gasteiger partial charge in [0.15, 0.2) is 0 Å². The highest BCUT2D eigenvalue weighted by atomic mass is 16.5. The molecule has 92 valence electrons. The summed E-state index contributed by atoms with van der Waals surface area (Å²) in [5, 5.41) is 6.91. The first-order valence-electron chi connectivity index (χ1n) is 6.29. The molecule has 0 amide bonds. The first-order chi connectivity index (χ1) is 7.73. The normalized spacial score (nSPS) is 34.8. The van der Waals surface area contributed by atoms with E-state index in [-0.39, 0.29) is 5.97 Å². The molecule has 2 unspecified atom stereocenters. The number of carbonyl (C=O) groups is 1. The molecule has 16 heavy (non-hydrogen) atoms. The van der Waals surface area contributed by atoms with Crippen LogP contribution >= 0.6 is 0 Å². The van der Waals surface area contributed by atoms with Gasteiger partial charge < -0.3 is 10.1 Å². The van der Waals surface area contributed by atoms with Gasteiger partial charge in [-0.15, -0.1) is 0 Å². The van der Waals surface area contributed by atoms with E-state index in [2.05, 4.69) is 17.6 Å². The van der Waals surface area contributed by atoms with E-state index in [1.54, 1.807) is 0 Å². The summed E-state index contributed by atoms with van der Waals surface area (Å²) in [7, 11) is 1.49. The molecule has 2 N–H and O–H groups in total. The van der Waals surface area contributed by atoms with Crippen LogP contribution in [0.1, 0.15) is 32.6 Å². The van der Waals surface area contributed by atoms with Crippen LogP contribution in [0.3, 0.4) is 0 Å². The van der Waals surface area contributed by atoms with Gasteiger partial charge in [0.25, 0.3) is 0 Å². The molecular weight excluding hydrogens is 204 g/mol. The van der Waals surface area contributed by atoms with Crippen molar-refractivity contribution in [3.8, 4) is 0 Å². The predicted molar refractivity (Wildman–Crippen MR) is 62.2 cm³/mol. The number of piperidine rings is 1. The zero-order valence-electron chi connectivity index (χ0n) is 10.2. The standard InChI is InChI=1S/C12H22N2O2/c1-3-9-8-13-7-6-12(9,11(15)16-2)14-10-4-5-10/h9-10,13-14H,3-8H2,1-2H3. The lowest BCUT2D eigenvalue weighted by Crippen LogP contribution is -2.64. The number of hydrogen-bond donors (Lipinski definition) is 2. The molecular formula is C12H22N2O2. The fourth-order valence-corrected chi connectivity index (χ4v) is 2.72. The van der Waals surface area contributed by atoms with Crippen LogP contribution in [0.4, 0.5) is 0 Å². The molecule has 0 radical (unpaired) electrons. The van der Waals surface area contributed by atoms with E-state index in [0.29, 0.717) is 12.0 Å². The minimum absolute atomic E-state index is 0.0762. The quantitative estimate of drug-likeness (QED) is 0.692. The Balaban J connectivity index is 2.17. The lowest BCUT2D eigenvalue weighted by molar-refractivity contribution is -0.153. The zero-order valence-corrected chi connectivity index (χ0v) is 10.2. The third-order valence-corrected chi connectivity index (χ3v) is 3.87. The summed E-state index contributed by atoms with van der Waals surface area (Å²) in [6.07, 6.45) is 4.24. The Hall–Kier alpha value is -0.610. The summed E-state index contributed by atoms with van der Waals surface area (Å²) < 4.78 is 5.02. The van der Waals surface area contributed by atoms with Crippen molar-refractivity contribution in [3.63, 3.8) is 0 Å². The van der Waals surface area contributed by atoms with E-state index in [1.165, 1.54) is 20.0 Å². The summed E-state index contributed by atoms with van der Waals surface area (Å²) in [4.78, 5) is 12.1. The lowest BCUT2D eigenvalue weighted by Gasteiger charge is -2.42. The van der Waals surface area contributed by atoms with Crippen molar-refractivity contribution in [2.75, 3.05) is 20.2 Å². The van der Waals surface area contributed by atoms with Gasteiger partial charge in [-0.1, -0.05) is 6.92 Å². The van der Waals surface area contributed by atoms with Gasteiger partial charge in [-0.05, 0) is 32.2 Å². The lowest BCUT2D eigenvalue weighted by atomic mass is 9.76. The summed E-state index contributed by atoms with van der Waals surface area (Å²) in [6, 6.07) is 0.534. The minimum Gasteiger partial charge on any atom is -0.468 e. The average Bonchev–Trinajstić information content (AvgIpc) is 3.12. The third kappa shape index (κ3) is 2.09. The number of methoxy groups -OCH3 is 1. The number of esters is 1. The second-order valence-electron chi connectivity index (χ2n) is 4.94. The Bertz CT molecular complexity index is 266. The molecule has 2 atom stereocenters. The van der Waals surface area contributed by atoms with E-state index in [1.807, 2.05) is 0 Å². The number of hydrogen-bond acceptors (Lipinski definition) is 4. The van der Waals surface area contributed by atoms with Crippen LogP contribution in [0.25, 0.3) is 0 Å². The van der Waals surface area contributed by atoms with Crippen LogP contribution in [0.2, 0.25) is 0 Å². The fourth-order valence-electron chi connectivity index (χ4n) is 2.72. The van der Waals surface area contributed by atoms with Crippen LogP contribution in [0.15, 0.2) is 0 Å². The molecule has 1 heterocycles. The molecule has 4 nitrogen and oxygen atoms in total. The molecule has 0 aromatic rings. The number of ether oxygens (including phenoxy) is 1. The van der Waals surface area contributed by atoms with E-state index in [0.717, 1.165) is 25.9 Å². The molecule has 1 saturated heterocycles. The molecule has 0 aromatic heterocycles. The van der Waals surface area contributed by atoms with Crippen molar-refractivity contribution in [1.82, 2.24) is 10.6 Å². The Morgan fingerprint density at radius 3 is 2.88 bits per heavy atom. The monoisotopic (exact) mass is 226 g/mol. The fraction of sp³-hybridized carbons (Fsp3) is 0.917. The van der Waals surface area contributed by atoms with Crippen molar-refractivity contribution in [2.45, 2.75) is 44.2 Å². The Labute approximate surface area is 97.1 Å². The summed E-state index contributed by atoms with van der Waals surface area (Å²) in [5.74, 6) is 0.266. The second-order valence-corrected chi connectivity index (χ2v) is 4.94. The Kier molecular flexibility index (Phi) is 3.50. The summed E-state index contributed by atoms with van der Waals surface area (Å²) in [5.41, 5.74) is -0.435. The van der Waals surface area contributed by atoms with Crippen LogP contribution < -0.4 is 10.6 Å². The molecule has 4 heteroatoms. The van der Waals surface area contributed by atoms with Gasteiger partial charge in [-0.2, -0.15) is 0 Å². The number of rotatable bonds is 4. The van der Waals surface area contributed by atoms with Gasteiger partial charge in [0.2, 0.25) is 0 Å². The highest BCUT2D eigenvalue weighted by Crippen LogP contribution is 2.33. The molecule has 1 aliphatic heterocycles. The van der Waals surface area contributed by atoms with Gasteiger partial charge >= 0.3 is 5.97 Å². The highest BCUT2D eigenvalue weighted by molar-refractivity contribution is 5.81. The molecule has 2 rings (SSSR count). The summed E-state index contributed by atoms with van der Waals surface area (Å²) >= 11 is 0. The maximum absolute atomic E-state index is 12.1. The number of nitrogens with one attached hydrogen (secondary N) is 2. The second kappa shape index (κ2) is 4.72. The smallest absolute Gasteiger partial charge is 0.326 e. The molecule has 0 spiro atoms. The van der Waals surface area contributed by atoms with Crippen molar-refractivity contribution < 1.29 is 9.53 Å². The van der Waals surface area contributed by atoms with Crippen LogP contribution in [0, 0.1) is 5.92 Å². The molecule has 0 bridgehead atoms. The highest BCUT2D eigenvalue weighted by Gasteiger charge is 2.49. The largest absolute Gasteiger partial charge is 0.468 e. The first-order valence-corrected chi connectivity index (χ1v) is 6.29. The van der Waals surface area contributed by atoms with Crippen molar-refractivity contribution in [2.24, 2.45) is 5.92 Å². The first kappa shape index (κ1) is 11.9. The number of carbonyl (C=O) groups excluding carboxylic acids is 1. The molecule has 1 aliphatic carbocycles. The van der Waals surface area contributed by atoms with Gasteiger partial charge in [0, 0.05) is 18.5 Å². The van der Waals surface area contributed by atoms with Gasteiger partial charge in [-0.3, -0.25) is 10.1 Å². The maximum Gasteiger partial charge on any atom is 0.326 e. The van der Waals surface area contributed by atoms with Gasteiger partial charge in [0.05, 0.1) is 7.11 Å². The van der Waals surface area contributed by atoms with E-state index in [9.17, 15) is 4.79 Å². The van der Waals surface area contributed by atoms with Crippen LogP contribution in [0.5, 0.6) is 0 Å². The topological polar surface area (TPSA) is 50.4 Å². The Morgan fingerprint density at radius 2 is 2.31 bits per heavy atom. The van der Waals surface area contributed by atoms with Crippen LogP contribution in [-0.2, 0) is 9.53 Å². The predicted octanol–water partition coefficient (Wildman–Crippen LogP) is 0.670. The van der Waals surface area contributed by atoms with E-state index >= 15 is 0 Å². The van der Waals surface area contributed by atoms with Gasteiger partial charge in [0.1, 0.15) is 5.54 Å². The molecule has 2 aliphatic rings. The zero-order chi connectivity index (χ0) is 11.6. The van der Waals surface area contributed by atoms with Crippen molar-refractivity contribution in [3.05, 3.63) is 0 Å². The Morgan fingerprint density at radius 1 is 1.56 bits per heavy atom. The van der Waals surface area contributed by atoms with Crippen molar-refractivity contribution >= 4 is 5.97 Å². The SMILES string of the molecule is CCC1CNCCC1(NC1CC1)C(=O)OC. The maximum atomic E-state index is 12.1. The van der Waals surface area contributed by atoms with Crippen LogP contribution in [-0.4, -0.2) is 37.7 Å². The van der Waals surface area contributed by atoms with E-state index < -0.39 is 5.54 Å². The van der Waals surface area contributed by atoms with Gasteiger partial charge in [-0.25, -0.2) is 0 Å². The third-order valence-electron chi connectivity index (χ3n) is 3.87. The molecule has 0 aromatic carbocycles. The van der Waals surface area contributed by atoms with E-state index in [4.69, 9.17) is 4.74 Å². The van der Waals surface area contributed by atoms with Crippen molar-refractivity contribution in [1.29, 1.82) is 0 Å². The average molecular weight is 226 g/mol.